The Kier molecular flexibility index (Phi) is 3.06. The van der Waals surface area contributed by atoms with Crippen molar-refractivity contribution in [3.8, 4) is 0 Å². The predicted octanol–water partition coefficient (Wildman–Crippen LogP) is 2.48. The molecular weight excluding hydrogens is 328 g/mol. The number of benzene rings is 1. The third kappa shape index (κ3) is 2.79. The van der Waals surface area contributed by atoms with Crippen LogP contribution in [0.25, 0.3) is 0 Å². The van der Waals surface area contributed by atoms with E-state index < -0.39 is 5.76 Å². The van der Waals surface area contributed by atoms with Gasteiger partial charge in [0.05, 0.1) is 0 Å². The van der Waals surface area contributed by atoms with Crippen LogP contribution >= 0.6 is 31.9 Å². The Morgan fingerprint density at radius 1 is 1.27 bits per heavy atom. The molecule has 0 amide bonds. The fourth-order valence-corrected chi connectivity index (χ4v) is 2.63. The molecule has 0 aliphatic rings. The summed E-state index contributed by atoms with van der Waals surface area (Å²) < 4.78 is 6.35. The molecule has 6 heteroatoms. The molecule has 1 N–H and O–H groups in total. The zero-order chi connectivity index (χ0) is 10.8. The molecule has 0 aliphatic heterocycles. The maximum absolute atomic E-state index is 10.7. The number of nitrogens with zero attached hydrogens (tertiary/aromatic N) is 1. The highest BCUT2D eigenvalue weighted by atomic mass is 79.9. The van der Waals surface area contributed by atoms with Crippen LogP contribution < -0.4 is 5.76 Å². The van der Waals surface area contributed by atoms with Crippen LogP contribution in [0.1, 0.15) is 11.4 Å². The van der Waals surface area contributed by atoms with Crippen molar-refractivity contribution in [2.75, 3.05) is 0 Å². The van der Waals surface area contributed by atoms with Gasteiger partial charge in [0.15, 0.2) is 5.82 Å². The van der Waals surface area contributed by atoms with E-state index in [1.807, 2.05) is 18.2 Å². The van der Waals surface area contributed by atoms with Crippen molar-refractivity contribution in [3.05, 3.63) is 49.1 Å². The number of H-pyrrole nitrogens is 1. The van der Waals surface area contributed by atoms with Crippen molar-refractivity contribution in [3.63, 3.8) is 0 Å². The minimum absolute atomic E-state index is 0.519. The van der Waals surface area contributed by atoms with Gasteiger partial charge in [0.2, 0.25) is 0 Å². The normalized spacial score (nSPS) is 10.5. The van der Waals surface area contributed by atoms with Gasteiger partial charge in [-0.25, -0.2) is 4.79 Å². The third-order valence-corrected chi connectivity index (χ3v) is 2.69. The van der Waals surface area contributed by atoms with E-state index in [2.05, 4.69) is 46.5 Å². The molecule has 15 heavy (non-hydrogen) atoms. The van der Waals surface area contributed by atoms with Gasteiger partial charge in [-0.2, -0.15) is 0 Å². The summed E-state index contributed by atoms with van der Waals surface area (Å²) in [6, 6.07) is 5.85. The summed E-state index contributed by atoms with van der Waals surface area (Å²) in [5.74, 6) is -0.0101. The zero-order valence-corrected chi connectivity index (χ0v) is 10.6. The lowest BCUT2D eigenvalue weighted by Gasteiger charge is -1.99. The molecule has 78 valence electrons. The lowest BCUT2D eigenvalue weighted by Crippen LogP contribution is -1.98. The molecule has 1 heterocycles. The predicted molar refractivity (Wildman–Crippen MR) is 61.8 cm³/mol. The monoisotopic (exact) mass is 332 g/mol. The third-order valence-electron chi connectivity index (χ3n) is 1.78. The van der Waals surface area contributed by atoms with Crippen LogP contribution in [-0.4, -0.2) is 10.1 Å². The Hall–Kier alpha value is -0.880. The first-order valence-electron chi connectivity index (χ1n) is 4.13. The molecule has 1 aromatic heterocycles. The highest BCUT2D eigenvalue weighted by Gasteiger charge is 2.03. The molecule has 1 aromatic carbocycles. The molecule has 0 saturated carbocycles. The molecule has 2 aromatic rings. The zero-order valence-electron chi connectivity index (χ0n) is 7.46. The first-order valence-corrected chi connectivity index (χ1v) is 5.72. The quantitative estimate of drug-likeness (QED) is 0.918. The highest BCUT2D eigenvalue weighted by Crippen LogP contribution is 2.21. The maximum atomic E-state index is 10.7. The minimum atomic E-state index is -0.529. The van der Waals surface area contributed by atoms with Crippen molar-refractivity contribution in [1.29, 1.82) is 0 Å². The second-order valence-electron chi connectivity index (χ2n) is 3.00. The number of aromatic amines is 1. The van der Waals surface area contributed by atoms with E-state index in [1.54, 1.807) is 0 Å². The molecule has 0 saturated heterocycles. The molecular formula is C9H6Br2N2O2. The lowest BCUT2D eigenvalue weighted by molar-refractivity contribution is 0.382. The fraction of sp³-hybridized carbons (Fsp3) is 0.111. The summed E-state index contributed by atoms with van der Waals surface area (Å²) in [5.41, 5.74) is 1.03. The molecule has 0 spiro atoms. The van der Waals surface area contributed by atoms with E-state index in [4.69, 9.17) is 0 Å². The van der Waals surface area contributed by atoms with Crippen LogP contribution in [0.3, 0.4) is 0 Å². The average Bonchev–Trinajstić information content (AvgIpc) is 2.49. The van der Waals surface area contributed by atoms with Gasteiger partial charge in [-0.05, 0) is 23.8 Å². The fourth-order valence-electron chi connectivity index (χ4n) is 1.24. The second-order valence-corrected chi connectivity index (χ2v) is 4.83. The molecule has 0 bridgehead atoms. The number of aromatic nitrogens is 2. The molecule has 0 atom stereocenters. The summed E-state index contributed by atoms with van der Waals surface area (Å²) in [6.45, 7) is 0. The van der Waals surface area contributed by atoms with Gasteiger partial charge >= 0.3 is 5.76 Å². The van der Waals surface area contributed by atoms with E-state index in [1.165, 1.54) is 0 Å². The smallest absolute Gasteiger partial charge is 0.296 e. The van der Waals surface area contributed by atoms with E-state index in [0.29, 0.717) is 12.2 Å². The summed E-state index contributed by atoms with van der Waals surface area (Å²) in [4.78, 5) is 13.2. The summed E-state index contributed by atoms with van der Waals surface area (Å²) >= 11 is 6.77. The molecule has 0 fully saturated rings. The molecule has 2 rings (SSSR count). The Morgan fingerprint density at radius 2 is 1.93 bits per heavy atom. The van der Waals surface area contributed by atoms with Crippen LogP contribution in [0.15, 0.2) is 36.5 Å². The number of hydrogen-bond donors (Lipinski definition) is 1. The van der Waals surface area contributed by atoms with Crippen LogP contribution in [0.2, 0.25) is 0 Å². The Balaban J connectivity index is 2.27. The number of rotatable bonds is 2. The van der Waals surface area contributed by atoms with Gasteiger partial charge < -0.3 is 0 Å². The van der Waals surface area contributed by atoms with Gasteiger partial charge in [-0.1, -0.05) is 37.0 Å². The summed E-state index contributed by atoms with van der Waals surface area (Å²) in [6.07, 6.45) is 0.532. The Bertz CT molecular complexity index is 513. The number of hydrogen-bond acceptors (Lipinski definition) is 3. The summed E-state index contributed by atoms with van der Waals surface area (Å²) in [5, 5.41) is 3.60. The van der Waals surface area contributed by atoms with Crippen molar-refractivity contribution < 1.29 is 4.52 Å². The largest absolute Gasteiger partial charge is 0.438 e. The van der Waals surface area contributed by atoms with E-state index in [9.17, 15) is 4.79 Å². The van der Waals surface area contributed by atoms with Crippen LogP contribution in [-0.2, 0) is 6.42 Å². The molecule has 4 nitrogen and oxygen atoms in total. The SMILES string of the molecule is O=c1[nH]c(Cc2cc(Br)cc(Br)c2)no1. The second kappa shape index (κ2) is 4.32. The van der Waals surface area contributed by atoms with E-state index in [-0.39, 0.29) is 0 Å². The van der Waals surface area contributed by atoms with Crippen molar-refractivity contribution in [1.82, 2.24) is 10.1 Å². The minimum Gasteiger partial charge on any atom is -0.296 e. The number of halogens is 2. The van der Waals surface area contributed by atoms with Gasteiger partial charge in [-0.3, -0.25) is 9.51 Å². The van der Waals surface area contributed by atoms with E-state index >= 15 is 0 Å². The van der Waals surface area contributed by atoms with Gasteiger partial charge in [0.1, 0.15) is 0 Å². The van der Waals surface area contributed by atoms with Crippen LogP contribution in [0, 0.1) is 0 Å². The highest BCUT2D eigenvalue weighted by molar-refractivity contribution is 9.11. The maximum Gasteiger partial charge on any atom is 0.438 e. The number of nitrogens with one attached hydrogen (secondary N) is 1. The Morgan fingerprint density at radius 3 is 2.47 bits per heavy atom. The van der Waals surface area contributed by atoms with Crippen molar-refractivity contribution in [2.45, 2.75) is 6.42 Å². The molecule has 0 aliphatic carbocycles. The van der Waals surface area contributed by atoms with Gasteiger partial charge in [0.25, 0.3) is 0 Å². The Labute approximate surface area is 102 Å². The van der Waals surface area contributed by atoms with Crippen LogP contribution in [0.5, 0.6) is 0 Å². The lowest BCUT2D eigenvalue weighted by atomic mass is 10.1. The van der Waals surface area contributed by atoms with Crippen molar-refractivity contribution in [2.24, 2.45) is 0 Å². The summed E-state index contributed by atoms with van der Waals surface area (Å²) in [7, 11) is 0. The molecule has 0 radical (unpaired) electrons. The standard InChI is InChI=1S/C9H6Br2N2O2/c10-6-1-5(2-7(11)4-6)3-8-12-9(14)15-13-8/h1-2,4H,3H2,(H,12,13,14). The first-order chi connectivity index (χ1) is 7.13. The first kappa shape index (κ1) is 10.6. The molecule has 0 unspecified atom stereocenters. The average molecular weight is 334 g/mol. The van der Waals surface area contributed by atoms with Gasteiger partial charge in [-0.15, -0.1) is 0 Å². The van der Waals surface area contributed by atoms with E-state index in [0.717, 1.165) is 14.5 Å². The van der Waals surface area contributed by atoms with Crippen molar-refractivity contribution >= 4 is 31.9 Å². The van der Waals surface area contributed by atoms with Crippen LogP contribution in [0.4, 0.5) is 0 Å². The van der Waals surface area contributed by atoms with Gasteiger partial charge in [0, 0.05) is 15.4 Å². The topological polar surface area (TPSA) is 58.9 Å².